The second-order valence-electron chi connectivity index (χ2n) is 3.58. The van der Waals surface area contributed by atoms with E-state index in [0.29, 0.717) is 5.92 Å². The predicted molar refractivity (Wildman–Crippen MR) is 54.5 cm³/mol. The maximum absolute atomic E-state index is 9.51. The number of hydrogen-bond donors (Lipinski definition) is 2. The third-order valence-electron chi connectivity index (χ3n) is 2.19. The summed E-state index contributed by atoms with van der Waals surface area (Å²) >= 11 is 0. The number of aliphatic hydroxyl groups is 1. The van der Waals surface area contributed by atoms with Crippen LogP contribution in [0.4, 0.5) is 0 Å². The minimum atomic E-state index is -0.529. The second-order valence-corrected chi connectivity index (χ2v) is 3.58. The molecule has 0 aliphatic heterocycles. The Bertz CT molecular complexity index is 271. The topological polar surface area (TPSA) is 46.2 Å². The van der Waals surface area contributed by atoms with Crippen LogP contribution in [-0.2, 0) is 0 Å². The molecule has 0 spiro atoms. The Balaban J connectivity index is 2.91. The molecule has 0 saturated carbocycles. The first-order chi connectivity index (χ1) is 6.15. The average Bonchev–Trinajstić information content (AvgIpc) is 2.17. The molecule has 0 heterocycles. The van der Waals surface area contributed by atoms with Gasteiger partial charge in [-0.25, -0.2) is 0 Å². The van der Waals surface area contributed by atoms with E-state index in [2.05, 4.69) is 19.9 Å². The van der Waals surface area contributed by atoms with Crippen molar-refractivity contribution in [1.29, 1.82) is 0 Å². The highest BCUT2D eigenvalue weighted by Gasteiger charge is 2.06. The van der Waals surface area contributed by atoms with Gasteiger partial charge in [-0.1, -0.05) is 38.1 Å². The normalized spacial score (nSPS) is 13.3. The van der Waals surface area contributed by atoms with Crippen molar-refractivity contribution >= 4 is 0 Å². The summed E-state index contributed by atoms with van der Waals surface area (Å²) < 4.78 is 0. The molecule has 2 nitrogen and oxygen atoms in total. The third kappa shape index (κ3) is 2.54. The lowest BCUT2D eigenvalue weighted by Gasteiger charge is -2.11. The Morgan fingerprint density at radius 1 is 1.31 bits per heavy atom. The van der Waals surface area contributed by atoms with E-state index in [1.165, 1.54) is 5.56 Å². The molecule has 0 aliphatic rings. The van der Waals surface area contributed by atoms with Crippen LogP contribution in [-0.4, -0.2) is 11.7 Å². The molecule has 2 heteroatoms. The molecule has 1 aromatic carbocycles. The third-order valence-corrected chi connectivity index (χ3v) is 2.19. The Labute approximate surface area is 79.4 Å². The van der Waals surface area contributed by atoms with E-state index in [1.807, 2.05) is 18.2 Å². The minimum absolute atomic E-state index is 0.279. The van der Waals surface area contributed by atoms with Gasteiger partial charge in [0.05, 0.1) is 6.10 Å². The van der Waals surface area contributed by atoms with E-state index in [9.17, 15) is 5.11 Å². The van der Waals surface area contributed by atoms with Crippen LogP contribution >= 0.6 is 0 Å². The Kier molecular flexibility index (Phi) is 3.46. The van der Waals surface area contributed by atoms with Gasteiger partial charge in [0.15, 0.2) is 0 Å². The molecule has 1 rings (SSSR count). The lowest BCUT2D eigenvalue weighted by molar-refractivity contribution is 0.186. The first-order valence-electron chi connectivity index (χ1n) is 4.63. The molecule has 0 aliphatic carbocycles. The first kappa shape index (κ1) is 10.2. The van der Waals surface area contributed by atoms with Crippen molar-refractivity contribution < 1.29 is 5.11 Å². The van der Waals surface area contributed by atoms with Crippen molar-refractivity contribution in [2.75, 3.05) is 6.54 Å². The van der Waals surface area contributed by atoms with E-state index < -0.39 is 6.10 Å². The molecule has 0 amide bonds. The van der Waals surface area contributed by atoms with Crippen LogP contribution in [0.1, 0.15) is 37.0 Å². The summed E-state index contributed by atoms with van der Waals surface area (Å²) in [6.45, 7) is 4.55. The van der Waals surface area contributed by atoms with Crippen LogP contribution in [0.2, 0.25) is 0 Å². The van der Waals surface area contributed by atoms with Crippen molar-refractivity contribution in [3.8, 4) is 0 Å². The molecule has 0 aromatic heterocycles. The lowest BCUT2D eigenvalue weighted by atomic mass is 9.99. The highest BCUT2D eigenvalue weighted by Crippen LogP contribution is 2.19. The van der Waals surface area contributed by atoms with Gasteiger partial charge in [0.25, 0.3) is 0 Å². The summed E-state index contributed by atoms with van der Waals surface area (Å²) in [6.07, 6.45) is -0.529. The lowest BCUT2D eigenvalue weighted by Crippen LogP contribution is -2.11. The van der Waals surface area contributed by atoms with Gasteiger partial charge in [-0.2, -0.15) is 0 Å². The van der Waals surface area contributed by atoms with Crippen LogP contribution in [0, 0.1) is 0 Å². The number of rotatable bonds is 3. The molecule has 13 heavy (non-hydrogen) atoms. The van der Waals surface area contributed by atoms with Crippen molar-refractivity contribution in [2.24, 2.45) is 5.73 Å². The molecule has 1 atom stereocenters. The van der Waals surface area contributed by atoms with Crippen LogP contribution < -0.4 is 5.73 Å². The standard InChI is InChI=1S/C11H17NO/c1-8(2)9-4-3-5-10(6-9)11(13)7-12/h3-6,8,11,13H,7,12H2,1-2H3/t11-/m1/s1. The van der Waals surface area contributed by atoms with E-state index in [1.54, 1.807) is 0 Å². The van der Waals surface area contributed by atoms with Crippen molar-refractivity contribution in [2.45, 2.75) is 25.9 Å². The van der Waals surface area contributed by atoms with Crippen molar-refractivity contribution in [1.82, 2.24) is 0 Å². The summed E-state index contributed by atoms with van der Waals surface area (Å²) in [5.41, 5.74) is 7.53. The zero-order chi connectivity index (χ0) is 9.84. The van der Waals surface area contributed by atoms with Crippen LogP contribution in [0.15, 0.2) is 24.3 Å². The molecule has 0 saturated heterocycles. The van der Waals surface area contributed by atoms with Crippen LogP contribution in [0.25, 0.3) is 0 Å². The molecule has 0 bridgehead atoms. The highest BCUT2D eigenvalue weighted by atomic mass is 16.3. The molecule has 1 aromatic rings. The fraction of sp³-hybridized carbons (Fsp3) is 0.455. The van der Waals surface area contributed by atoms with E-state index in [4.69, 9.17) is 5.73 Å². The van der Waals surface area contributed by atoms with Gasteiger partial charge in [-0.15, -0.1) is 0 Å². The zero-order valence-corrected chi connectivity index (χ0v) is 8.20. The summed E-state index contributed by atoms with van der Waals surface area (Å²) in [5, 5.41) is 9.51. The Morgan fingerprint density at radius 2 is 1.92 bits per heavy atom. The van der Waals surface area contributed by atoms with Gasteiger partial charge in [-0.05, 0) is 17.0 Å². The number of hydrogen-bond acceptors (Lipinski definition) is 2. The summed E-state index contributed by atoms with van der Waals surface area (Å²) in [4.78, 5) is 0. The molecular formula is C11H17NO. The highest BCUT2D eigenvalue weighted by molar-refractivity contribution is 5.27. The van der Waals surface area contributed by atoms with Gasteiger partial charge < -0.3 is 10.8 Å². The SMILES string of the molecule is CC(C)c1cccc([C@H](O)CN)c1. The van der Waals surface area contributed by atoms with Crippen molar-refractivity contribution in [3.63, 3.8) is 0 Å². The Hall–Kier alpha value is -0.860. The maximum Gasteiger partial charge on any atom is 0.0912 e. The quantitative estimate of drug-likeness (QED) is 0.743. The molecule has 72 valence electrons. The molecule has 3 N–H and O–H groups in total. The van der Waals surface area contributed by atoms with E-state index in [0.717, 1.165) is 5.56 Å². The van der Waals surface area contributed by atoms with Crippen LogP contribution in [0.3, 0.4) is 0 Å². The van der Waals surface area contributed by atoms with Gasteiger partial charge in [-0.3, -0.25) is 0 Å². The molecule has 0 radical (unpaired) electrons. The monoisotopic (exact) mass is 179 g/mol. The predicted octanol–water partition coefficient (Wildman–Crippen LogP) is 1.80. The van der Waals surface area contributed by atoms with Crippen molar-refractivity contribution in [3.05, 3.63) is 35.4 Å². The largest absolute Gasteiger partial charge is 0.387 e. The number of benzene rings is 1. The van der Waals surface area contributed by atoms with Gasteiger partial charge in [0.1, 0.15) is 0 Å². The minimum Gasteiger partial charge on any atom is -0.387 e. The maximum atomic E-state index is 9.51. The van der Waals surface area contributed by atoms with Gasteiger partial charge in [0, 0.05) is 6.54 Å². The summed E-state index contributed by atoms with van der Waals surface area (Å²) in [6, 6.07) is 7.95. The fourth-order valence-corrected chi connectivity index (χ4v) is 1.26. The van der Waals surface area contributed by atoms with E-state index >= 15 is 0 Å². The fourth-order valence-electron chi connectivity index (χ4n) is 1.26. The van der Waals surface area contributed by atoms with Crippen LogP contribution in [0.5, 0.6) is 0 Å². The average molecular weight is 179 g/mol. The zero-order valence-electron chi connectivity index (χ0n) is 8.20. The summed E-state index contributed by atoms with van der Waals surface area (Å²) in [5.74, 6) is 0.491. The van der Waals surface area contributed by atoms with E-state index in [-0.39, 0.29) is 6.54 Å². The van der Waals surface area contributed by atoms with Gasteiger partial charge in [0.2, 0.25) is 0 Å². The smallest absolute Gasteiger partial charge is 0.0912 e. The summed E-state index contributed by atoms with van der Waals surface area (Å²) in [7, 11) is 0. The second kappa shape index (κ2) is 4.40. The number of aliphatic hydroxyl groups excluding tert-OH is 1. The van der Waals surface area contributed by atoms with Gasteiger partial charge >= 0.3 is 0 Å². The Morgan fingerprint density at radius 3 is 2.46 bits per heavy atom. The first-order valence-corrected chi connectivity index (χ1v) is 4.63. The number of nitrogens with two attached hydrogens (primary N) is 1. The molecular weight excluding hydrogens is 162 g/mol. The molecule has 0 fully saturated rings. The molecule has 0 unspecified atom stereocenters.